The SMILES string of the molecule is O=C(N[C@H]1CCN2C(=O)[C@@H]3C[C@H](SCc4ccco4)CN3C(=O)[C@H]12)c1ccc(F)c(Cl)c1. The maximum Gasteiger partial charge on any atom is 0.251 e. The van der Waals surface area contributed by atoms with Crippen molar-refractivity contribution in [2.24, 2.45) is 0 Å². The minimum atomic E-state index is -0.715. The van der Waals surface area contributed by atoms with Crippen LogP contribution in [0.15, 0.2) is 41.0 Å². The zero-order valence-corrected chi connectivity index (χ0v) is 18.6. The zero-order chi connectivity index (χ0) is 22.4. The third-order valence-electron chi connectivity index (χ3n) is 6.30. The Morgan fingerprint density at radius 1 is 1.25 bits per heavy atom. The van der Waals surface area contributed by atoms with Crippen molar-refractivity contribution in [1.82, 2.24) is 15.1 Å². The van der Waals surface area contributed by atoms with Crippen LogP contribution in [0.1, 0.15) is 29.0 Å². The van der Waals surface area contributed by atoms with E-state index in [0.717, 1.165) is 11.8 Å². The van der Waals surface area contributed by atoms with E-state index in [9.17, 15) is 18.8 Å². The second-order valence-electron chi connectivity index (χ2n) is 8.23. The number of carbonyl (C=O) groups excluding carboxylic acids is 3. The van der Waals surface area contributed by atoms with Crippen molar-refractivity contribution in [3.05, 3.63) is 58.8 Å². The summed E-state index contributed by atoms with van der Waals surface area (Å²) in [5, 5.41) is 2.85. The van der Waals surface area contributed by atoms with Crippen LogP contribution < -0.4 is 5.32 Å². The molecule has 2 aromatic rings. The van der Waals surface area contributed by atoms with Crippen LogP contribution >= 0.6 is 23.4 Å². The Morgan fingerprint density at radius 2 is 2.09 bits per heavy atom. The van der Waals surface area contributed by atoms with E-state index >= 15 is 0 Å². The first-order valence-electron chi connectivity index (χ1n) is 10.4. The highest BCUT2D eigenvalue weighted by molar-refractivity contribution is 7.99. The number of halogens is 2. The zero-order valence-electron chi connectivity index (χ0n) is 17.0. The van der Waals surface area contributed by atoms with E-state index in [2.05, 4.69) is 5.32 Å². The number of thioether (sulfide) groups is 1. The summed E-state index contributed by atoms with van der Waals surface area (Å²) < 4.78 is 18.8. The lowest BCUT2D eigenvalue weighted by molar-refractivity contribution is -0.157. The number of amides is 3. The summed E-state index contributed by atoms with van der Waals surface area (Å²) in [4.78, 5) is 42.4. The molecule has 3 aliphatic rings. The molecule has 3 amide bonds. The minimum absolute atomic E-state index is 0.0581. The molecule has 0 bridgehead atoms. The lowest BCUT2D eigenvalue weighted by Gasteiger charge is -2.40. The molecular weight excluding hydrogens is 457 g/mol. The summed E-state index contributed by atoms with van der Waals surface area (Å²) in [7, 11) is 0. The highest BCUT2D eigenvalue weighted by Gasteiger charge is 2.55. The molecule has 5 rings (SSSR count). The van der Waals surface area contributed by atoms with Crippen molar-refractivity contribution in [2.75, 3.05) is 13.1 Å². The highest BCUT2D eigenvalue weighted by Crippen LogP contribution is 2.37. The quantitative estimate of drug-likeness (QED) is 0.716. The predicted molar refractivity (Wildman–Crippen MR) is 117 cm³/mol. The van der Waals surface area contributed by atoms with Gasteiger partial charge in [-0.15, -0.1) is 11.8 Å². The Balaban J connectivity index is 1.27. The van der Waals surface area contributed by atoms with Gasteiger partial charge in [0.25, 0.3) is 5.91 Å². The molecular formula is C22H21ClFN3O4S. The molecule has 10 heteroatoms. The van der Waals surface area contributed by atoms with Crippen LogP contribution in [0, 0.1) is 5.82 Å². The van der Waals surface area contributed by atoms with Crippen molar-refractivity contribution >= 4 is 41.1 Å². The third kappa shape index (κ3) is 3.77. The van der Waals surface area contributed by atoms with Crippen LogP contribution in [0.3, 0.4) is 0 Å². The maximum absolute atomic E-state index is 13.4. The predicted octanol–water partition coefficient (Wildman–Crippen LogP) is 2.69. The lowest BCUT2D eigenvalue weighted by atomic mass is 10.0. The smallest absolute Gasteiger partial charge is 0.251 e. The molecule has 0 unspecified atom stereocenters. The van der Waals surface area contributed by atoms with Gasteiger partial charge < -0.3 is 19.5 Å². The van der Waals surface area contributed by atoms with Crippen LogP contribution in [0.4, 0.5) is 4.39 Å². The van der Waals surface area contributed by atoms with Gasteiger partial charge in [-0.3, -0.25) is 14.4 Å². The number of nitrogens with one attached hydrogen (secondary N) is 1. The number of nitrogens with zero attached hydrogens (tertiary/aromatic N) is 2. The molecule has 1 aromatic carbocycles. The number of benzene rings is 1. The Hall–Kier alpha value is -2.52. The summed E-state index contributed by atoms with van der Waals surface area (Å²) in [5.41, 5.74) is 0.206. The van der Waals surface area contributed by atoms with Crippen LogP contribution in [-0.2, 0) is 15.3 Å². The Bertz CT molecular complexity index is 1070. The van der Waals surface area contributed by atoms with Gasteiger partial charge in [0.2, 0.25) is 11.8 Å². The van der Waals surface area contributed by atoms with Gasteiger partial charge in [-0.25, -0.2) is 4.39 Å². The molecule has 1 aromatic heterocycles. The molecule has 3 fully saturated rings. The molecule has 4 heterocycles. The minimum Gasteiger partial charge on any atom is -0.468 e. The molecule has 7 nitrogen and oxygen atoms in total. The Kier molecular flexibility index (Phi) is 5.63. The Morgan fingerprint density at radius 3 is 2.84 bits per heavy atom. The van der Waals surface area contributed by atoms with Crippen molar-refractivity contribution in [2.45, 2.75) is 42.0 Å². The van der Waals surface area contributed by atoms with Gasteiger partial charge in [-0.05, 0) is 43.2 Å². The fourth-order valence-corrected chi connectivity index (χ4v) is 6.07. The molecule has 0 aliphatic carbocycles. The summed E-state index contributed by atoms with van der Waals surface area (Å²) in [5.74, 6) is 0.305. The van der Waals surface area contributed by atoms with Gasteiger partial charge >= 0.3 is 0 Å². The second-order valence-corrected chi connectivity index (χ2v) is 9.92. The maximum atomic E-state index is 13.4. The van der Waals surface area contributed by atoms with Crippen molar-refractivity contribution in [3.63, 3.8) is 0 Å². The molecule has 1 N–H and O–H groups in total. The van der Waals surface area contributed by atoms with E-state index in [1.165, 1.54) is 12.1 Å². The standard InChI is InChI=1S/C22H21ClFN3O4S/c23-15-8-12(3-4-16(15)24)20(28)25-17-5-6-26-19(17)22(30)27-10-14(9-18(27)21(26)29)32-11-13-2-1-7-31-13/h1-4,7-8,14,17-19H,5-6,9-11H2,(H,25,28)/t14-,17-,18-,19-/m0/s1. The van der Waals surface area contributed by atoms with Gasteiger partial charge in [0.15, 0.2) is 0 Å². The molecule has 0 spiro atoms. The monoisotopic (exact) mass is 477 g/mol. The Labute approximate surface area is 193 Å². The third-order valence-corrected chi connectivity index (χ3v) is 7.86. The number of hydrogen-bond donors (Lipinski definition) is 1. The number of carbonyl (C=O) groups is 3. The number of fused-ring (bicyclic) bond motifs is 2. The first kappa shape index (κ1) is 21.3. The van der Waals surface area contributed by atoms with Crippen LogP contribution in [0.25, 0.3) is 0 Å². The molecule has 168 valence electrons. The van der Waals surface area contributed by atoms with E-state index in [-0.39, 0.29) is 27.7 Å². The summed E-state index contributed by atoms with van der Waals surface area (Å²) >= 11 is 7.46. The van der Waals surface area contributed by atoms with E-state index < -0.39 is 29.8 Å². The topological polar surface area (TPSA) is 82.9 Å². The van der Waals surface area contributed by atoms with Gasteiger partial charge in [0, 0.05) is 23.9 Å². The fourth-order valence-electron chi connectivity index (χ4n) is 4.74. The summed E-state index contributed by atoms with van der Waals surface area (Å²) in [6, 6.07) is 5.80. The van der Waals surface area contributed by atoms with Gasteiger partial charge in [-0.2, -0.15) is 0 Å². The van der Waals surface area contributed by atoms with E-state index in [1.807, 2.05) is 12.1 Å². The van der Waals surface area contributed by atoms with E-state index in [4.69, 9.17) is 16.0 Å². The first-order chi connectivity index (χ1) is 15.4. The molecule has 0 radical (unpaired) electrons. The van der Waals surface area contributed by atoms with Gasteiger partial charge in [0.05, 0.1) is 23.1 Å². The largest absolute Gasteiger partial charge is 0.468 e. The summed E-state index contributed by atoms with van der Waals surface area (Å²) in [6.45, 7) is 0.915. The molecule has 32 heavy (non-hydrogen) atoms. The van der Waals surface area contributed by atoms with Crippen LogP contribution in [-0.4, -0.2) is 64.0 Å². The van der Waals surface area contributed by atoms with Crippen molar-refractivity contribution < 1.29 is 23.2 Å². The fraction of sp³-hybridized carbons (Fsp3) is 0.409. The van der Waals surface area contributed by atoms with E-state index in [1.54, 1.807) is 27.8 Å². The summed E-state index contributed by atoms with van der Waals surface area (Å²) in [6.07, 6.45) is 2.73. The molecule has 4 atom stereocenters. The number of hydrogen-bond acceptors (Lipinski definition) is 5. The number of rotatable bonds is 5. The first-order valence-corrected chi connectivity index (χ1v) is 11.9. The lowest BCUT2D eigenvalue weighted by Crippen LogP contribution is -2.64. The number of furan rings is 1. The normalized spacial score (nSPS) is 26.9. The van der Waals surface area contributed by atoms with Gasteiger partial charge in [-0.1, -0.05) is 11.6 Å². The molecule has 3 aliphatic heterocycles. The van der Waals surface area contributed by atoms with Crippen LogP contribution in [0.5, 0.6) is 0 Å². The van der Waals surface area contributed by atoms with Gasteiger partial charge in [0.1, 0.15) is 23.7 Å². The highest BCUT2D eigenvalue weighted by atomic mass is 35.5. The molecule has 3 saturated heterocycles. The molecule has 0 saturated carbocycles. The van der Waals surface area contributed by atoms with Crippen molar-refractivity contribution in [1.29, 1.82) is 0 Å². The van der Waals surface area contributed by atoms with E-state index in [0.29, 0.717) is 31.7 Å². The van der Waals surface area contributed by atoms with Crippen LogP contribution in [0.2, 0.25) is 5.02 Å². The van der Waals surface area contributed by atoms with Crippen molar-refractivity contribution in [3.8, 4) is 0 Å². The average molecular weight is 478 g/mol. The average Bonchev–Trinajstić information content (AvgIpc) is 3.52. The second kappa shape index (κ2) is 8.44. The number of piperazine rings is 1.